The Hall–Kier alpha value is -0.260. The Kier molecular flexibility index (Phi) is 0.992. The number of rotatable bonds is 0. The van der Waals surface area contributed by atoms with Gasteiger partial charge in [-0.15, -0.1) is 11.6 Å². The molecule has 4 unspecified atom stereocenters. The summed E-state index contributed by atoms with van der Waals surface area (Å²) in [6.07, 6.45) is 0. The second kappa shape index (κ2) is 1.62. The molecular formula is C6H7ClN2. The highest BCUT2D eigenvalue weighted by Gasteiger charge is 2.57. The molecule has 1 aliphatic heterocycles. The van der Waals surface area contributed by atoms with Crippen LogP contribution in [-0.2, 0) is 0 Å². The van der Waals surface area contributed by atoms with Crippen molar-refractivity contribution < 1.29 is 0 Å². The number of halogens is 1. The Labute approximate surface area is 58.8 Å². The highest BCUT2D eigenvalue weighted by atomic mass is 35.5. The number of piperidine rings is 1. The van der Waals surface area contributed by atoms with Crippen LogP contribution in [0.1, 0.15) is 0 Å². The van der Waals surface area contributed by atoms with Crippen LogP contribution in [-0.4, -0.2) is 18.0 Å². The first-order chi connectivity index (χ1) is 4.34. The third kappa shape index (κ3) is 0.593. The van der Waals surface area contributed by atoms with Crippen LogP contribution in [0.3, 0.4) is 0 Å². The fourth-order valence-corrected chi connectivity index (χ4v) is 2.07. The summed E-state index contributed by atoms with van der Waals surface area (Å²) >= 11 is 5.84. The van der Waals surface area contributed by atoms with Crippen molar-refractivity contribution in [2.75, 3.05) is 6.54 Å². The molecule has 2 fully saturated rings. The second-order valence-electron chi connectivity index (χ2n) is 2.70. The Bertz CT molecular complexity index is 174. The average molecular weight is 143 g/mol. The number of nitrogens with one attached hydrogen (secondary N) is 1. The molecule has 1 N–H and O–H groups in total. The molecule has 2 rings (SSSR count). The summed E-state index contributed by atoms with van der Waals surface area (Å²) in [7, 11) is 0. The van der Waals surface area contributed by atoms with Gasteiger partial charge in [0.15, 0.2) is 0 Å². The van der Waals surface area contributed by atoms with Crippen molar-refractivity contribution in [3.8, 4) is 6.07 Å². The number of nitriles is 1. The Morgan fingerprint density at radius 1 is 1.67 bits per heavy atom. The molecule has 0 aromatic rings. The lowest BCUT2D eigenvalue weighted by molar-refractivity contribution is 0.642. The largest absolute Gasteiger partial charge is 0.301 e. The fourth-order valence-electron chi connectivity index (χ4n) is 1.57. The molecule has 0 spiro atoms. The summed E-state index contributed by atoms with van der Waals surface area (Å²) in [4.78, 5) is 0. The van der Waals surface area contributed by atoms with Gasteiger partial charge in [0.1, 0.15) is 0 Å². The van der Waals surface area contributed by atoms with Gasteiger partial charge in [-0.05, 0) is 5.92 Å². The lowest BCUT2D eigenvalue weighted by Crippen LogP contribution is -2.26. The van der Waals surface area contributed by atoms with Gasteiger partial charge >= 0.3 is 0 Å². The summed E-state index contributed by atoms with van der Waals surface area (Å²) in [5.41, 5.74) is 0. The van der Waals surface area contributed by atoms with Crippen molar-refractivity contribution in [1.29, 1.82) is 5.26 Å². The normalized spacial score (nSPS) is 54.2. The van der Waals surface area contributed by atoms with E-state index in [0.717, 1.165) is 6.54 Å². The van der Waals surface area contributed by atoms with Crippen molar-refractivity contribution >= 4 is 11.6 Å². The quantitative estimate of drug-likeness (QED) is 0.495. The van der Waals surface area contributed by atoms with Crippen LogP contribution in [0.2, 0.25) is 0 Å². The topological polar surface area (TPSA) is 35.8 Å². The number of hydrogen-bond donors (Lipinski definition) is 1. The molecule has 0 bridgehead atoms. The first-order valence-corrected chi connectivity index (χ1v) is 3.55. The fraction of sp³-hybridized carbons (Fsp3) is 0.833. The zero-order chi connectivity index (χ0) is 6.43. The molecule has 0 radical (unpaired) electrons. The molecule has 1 heterocycles. The first kappa shape index (κ1) is 5.52. The molecule has 1 saturated carbocycles. The van der Waals surface area contributed by atoms with E-state index >= 15 is 0 Å². The molecule has 9 heavy (non-hydrogen) atoms. The van der Waals surface area contributed by atoms with E-state index in [1.807, 2.05) is 0 Å². The molecule has 2 nitrogen and oxygen atoms in total. The zero-order valence-corrected chi connectivity index (χ0v) is 5.60. The Morgan fingerprint density at radius 2 is 2.44 bits per heavy atom. The minimum absolute atomic E-state index is 0.0394. The van der Waals surface area contributed by atoms with Gasteiger partial charge in [0.2, 0.25) is 0 Å². The highest BCUT2D eigenvalue weighted by molar-refractivity contribution is 6.23. The molecule has 1 saturated heterocycles. The van der Waals surface area contributed by atoms with Crippen molar-refractivity contribution in [1.82, 2.24) is 5.32 Å². The lowest BCUT2D eigenvalue weighted by atomic mass is 10.2. The van der Waals surface area contributed by atoms with Crippen LogP contribution in [0.4, 0.5) is 0 Å². The molecule has 3 heteroatoms. The third-order valence-corrected chi connectivity index (χ3v) is 2.84. The van der Waals surface area contributed by atoms with Gasteiger partial charge in [-0.25, -0.2) is 0 Å². The molecule has 48 valence electrons. The maximum absolute atomic E-state index is 8.51. The van der Waals surface area contributed by atoms with Crippen molar-refractivity contribution in [2.24, 2.45) is 11.8 Å². The molecule has 0 aromatic heterocycles. The van der Waals surface area contributed by atoms with Gasteiger partial charge in [0.05, 0.1) is 12.1 Å². The van der Waals surface area contributed by atoms with Crippen molar-refractivity contribution in [3.05, 3.63) is 0 Å². The van der Waals surface area contributed by atoms with Gasteiger partial charge in [-0.1, -0.05) is 0 Å². The number of fused-ring (bicyclic) bond motifs is 1. The van der Waals surface area contributed by atoms with Gasteiger partial charge in [-0.2, -0.15) is 5.26 Å². The van der Waals surface area contributed by atoms with E-state index in [4.69, 9.17) is 16.9 Å². The van der Waals surface area contributed by atoms with Crippen LogP contribution < -0.4 is 5.32 Å². The van der Waals surface area contributed by atoms with Gasteiger partial charge in [0.25, 0.3) is 0 Å². The SMILES string of the molecule is N#CC1NCC2C(Cl)C12. The Morgan fingerprint density at radius 3 is 2.78 bits per heavy atom. The van der Waals surface area contributed by atoms with E-state index < -0.39 is 0 Å². The Balaban J connectivity index is 2.09. The van der Waals surface area contributed by atoms with Gasteiger partial charge in [-0.3, -0.25) is 0 Å². The number of hydrogen-bond acceptors (Lipinski definition) is 2. The minimum atomic E-state index is 0.0394. The van der Waals surface area contributed by atoms with E-state index in [2.05, 4.69) is 11.4 Å². The highest BCUT2D eigenvalue weighted by Crippen LogP contribution is 2.49. The predicted molar refractivity (Wildman–Crippen MR) is 34.0 cm³/mol. The van der Waals surface area contributed by atoms with E-state index in [-0.39, 0.29) is 11.4 Å². The standard InChI is InChI=1S/C6H7ClN2/c7-6-3-2-9-4(1-8)5(3)6/h3-6,9H,2H2. The summed E-state index contributed by atoms with van der Waals surface area (Å²) < 4.78 is 0. The van der Waals surface area contributed by atoms with E-state index in [0.29, 0.717) is 11.8 Å². The van der Waals surface area contributed by atoms with Crippen LogP contribution >= 0.6 is 11.6 Å². The summed E-state index contributed by atoms with van der Waals surface area (Å²) in [6.45, 7) is 0.942. The molecular weight excluding hydrogens is 136 g/mol. The van der Waals surface area contributed by atoms with E-state index in [1.165, 1.54) is 0 Å². The average Bonchev–Trinajstić information content (AvgIpc) is 2.41. The molecule has 4 atom stereocenters. The summed E-state index contributed by atoms with van der Waals surface area (Å²) in [6, 6.07) is 2.23. The molecule has 0 aromatic carbocycles. The summed E-state index contributed by atoms with van der Waals surface area (Å²) in [5, 5.41) is 11.9. The van der Waals surface area contributed by atoms with Gasteiger partial charge in [0, 0.05) is 17.8 Å². The van der Waals surface area contributed by atoms with Crippen LogP contribution in [0, 0.1) is 23.2 Å². The molecule has 0 amide bonds. The van der Waals surface area contributed by atoms with E-state index in [1.54, 1.807) is 0 Å². The zero-order valence-electron chi connectivity index (χ0n) is 4.84. The maximum atomic E-state index is 8.51. The summed E-state index contributed by atoms with van der Waals surface area (Å²) in [5.74, 6) is 1.05. The van der Waals surface area contributed by atoms with Crippen molar-refractivity contribution in [3.63, 3.8) is 0 Å². The third-order valence-electron chi connectivity index (χ3n) is 2.23. The molecule has 1 aliphatic carbocycles. The van der Waals surface area contributed by atoms with Gasteiger partial charge < -0.3 is 5.32 Å². The number of alkyl halides is 1. The molecule has 2 aliphatic rings. The monoisotopic (exact) mass is 142 g/mol. The van der Waals surface area contributed by atoms with E-state index in [9.17, 15) is 0 Å². The lowest BCUT2D eigenvalue weighted by Gasteiger charge is -2.01. The van der Waals surface area contributed by atoms with Crippen LogP contribution in [0.5, 0.6) is 0 Å². The first-order valence-electron chi connectivity index (χ1n) is 3.11. The smallest absolute Gasteiger partial charge is 0.0999 e. The van der Waals surface area contributed by atoms with Crippen molar-refractivity contribution in [2.45, 2.75) is 11.4 Å². The number of nitrogens with zero attached hydrogens (tertiary/aromatic N) is 1. The maximum Gasteiger partial charge on any atom is 0.0999 e. The van der Waals surface area contributed by atoms with Crippen LogP contribution in [0.25, 0.3) is 0 Å². The van der Waals surface area contributed by atoms with Crippen LogP contribution in [0.15, 0.2) is 0 Å². The predicted octanol–water partition coefficient (Wildman–Crippen LogP) is 0.335. The second-order valence-corrected chi connectivity index (χ2v) is 3.20. The minimum Gasteiger partial charge on any atom is -0.301 e.